The number of methoxy groups -OCH3 is 1. The lowest BCUT2D eigenvalue weighted by molar-refractivity contribution is -0.117. The molecule has 142 valence electrons. The Morgan fingerprint density at radius 2 is 1.89 bits per heavy atom. The molecule has 1 aliphatic heterocycles. The number of nitrogens with zero attached hydrogens (tertiary/aromatic N) is 1. The number of nitrogens with one attached hydrogen (secondary N) is 1. The van der Waals surface area contributed by atoms with Gasteiger partial charge in [0.2, 0.25) is 5.91 Å². The predicted molar refractivity (Wildman–Crippen MR) is 104 cm³/mol. The fraction of sp³-hybridized carbons (Fsp3) is 0.222. The van der Waals surface area contributed by atoms with Crippen molar-refractivity contribution in [3.63, 3.8) is 0 Å². The number of hydrogen-bond acceptors (Lipinski definition) is 5. The molecule has 2 aromatic carbocycles. The van der Waals surface area contributed by atoms with E-state index in [0.29, 0.717) is 23.1 Å². The van der Waals surface area contributed by atoms with E-state index in [-0.39, 0.29) is 16.4 Å². The van der Waals surface area contributed by atoms with Crippen molar-refractivity contribution in [3.05, 3.63) is 52.5 Å². The lowest BCUT2D eigenvalue weighted by Gasteiger charge is -2.16. The molecule has 0 aliphatic carbocycles. The van der Waals surface area contributed by atoms with Crippen LogP contribution in [0.25, 0.3) is 0 Å². The molecule has 1 amide bonds. The van der Waals surface area contributed by atoms with E-state index in [1.54, 1.807) is 29.2 Å². The molecule has 0 aromatic heterocycles. The van der Waals surface area contributed by atoms with Crippen LogP contribution in [0.5, 0.6) is 0 Å². The van der Waals surface area contributed by atoms with Crippen LogP contribution in [0.4, 0.5) is 11.4 Å². The third kappa shape index (κ3) is 4.14. The number of carbonyl (C=O) groups excluding carboxylic acids is 2. The SMILES string of the molecule is COC(=O)c1cc(S(=O)(=O)Nc2ccc(N3CCCC3=O)cc2)ccc1Br. The van der Waals surface area contributed by atoms with Gasteiger partial charge in [0.25, 0.3) is 10.0 Å². The van der Waals surface area contributed by atoms with E-state index in [2.05, 4.69) is 25.4 Å². The van der Waals surface area contributed by atoms with E-state index in [0.717, 1.165) is 12.1 Å². The number of esters is 1. The summed E-state index contributed by atoms with van der Waals surface area (Å²) >= 11 is 3.20. The Morgan fingerprint density at radius 3 is 2.48 bits per heavy atom. The van der Waals surface area contributed by atoms with Crippen LogP contribution in [-0.2, 0) is 19.6 Å². The van der Waals surface area contributed by atoms with Gasteiger partial charge in [-0.2, -0.15) is 0 Å². The molecule has 1 N–H and O–H groups in total. The van der Waals surface area contributed by atoms with E-state index >= 15 is 0 Å². The first-order valence-corrected chi connectivity index (χ1v) is 10.4. The molecule has 27 heavy (non-hydrogen) atoms. The van der Waals surface area contributed by atoms with Gasteiger partial charge in [-0.25, -0.2) is 13.2 Å². The molecule has 0 atom stereocenters. The van der Waals surface area contributed by atoms with Crippen LogP contribution < -0.4 is 9.62 Å². The highest BCUT2D eigenvalue weighted by Gasteiger charge is 2.22. The van der Waals surface area contributed by atoms with Crippen LogP contribution in [0.2, 0.25) is 0 Å². The zero-order valence-corrected chi connectivity index (χ0v) is 16.8. The van der Waals surface area contributed by atoms with E-state index < -0.39 is 16.0 Å². The third-order valence-electron chi connectivity index (χ3n) is 4.16. The molecule has 9 heteroatoms. The Kier molecular flexibility index (Phi) is 5.52. The Morgan fingerprint density at radius 1 is 1.19 bits per heavy atom. The summed E-state index contributed by atoms with van der Waals surface area (Å²) in [5.74, 6) is -0.577. The molecule has 0 unspecified atom stereocenters. The highest BCUT2D eigenvalue weighted by molar-refractivity contribution is 9.10. The van der Waals surface area contributed by atoms with Gasteiger partial charge in [-0.05, 0) is 64.8 Å². The third-order valence-corrected chi connectivity index (χ3v) is 6.23. The Bertz CT molecular complexity index is 989. The van der Waals surface area contributed by atoms with Gasteiger partial charge in [0.15, 0.2) is 0 Å². The predicted octanol–water partition coefficient (Wildman–Crippen LogP) is 3.16. The van der Waals surface area contributed by atoms with Gasteiger partial charge < -0.3 is 9.64 Å². The highest BCUT2D eigenvalue weighted by atomic mass is 79.9. The minimum Gasteiger partial charge on any atom is -0.465 e. The minimum absolute atomic E-state index is 0.0635. The van der Waals surface area contributed by atoms with E-state index in [1.807, 2.05) is 0 Å². The summed E-state index contributed by atoms with van der Waals surface area (Å²) in [5.41, 5.74) is 1.20. The molecule has 2 aromatic rings. The van der Waals surface area contributed by atoms with Crippen molar-refractivity contribution in [3.8, 4) is 0 Å². The summed E-state index contributed by atoms with van der Waals surface area (Å²) < 4.78 is 32.8. The second-order valence-electron chi connectivity index (χ2n) is 5.93. The Labute approximate surface area is 165 Å². The van der Waals surface area contributed by atoms with Crippen LogP contribution in [-0.4, -0.2) is 33.9 Å². The molecule has 0 saturated carbocycles. The van der Waals surface area contributed by atoms with Crippen molar-refractivity contribution in [2.24, 2.45) is 0 Å². The van der Waals surface area contributed by atoms with Gasteiger partial charge in [0, 0.05) is 28.8 Å². The van der Waals surface area contributed by atoms with Crippen molar-refractivity contribution in [2.75, 3.05) is 23.3 Å². The van der Waals surface area contributed by atoms with E-state index in [1.165, 1.54) is 25.3 Å². The van der Waals surface area contributed by atoms with Gasteiger partial charge in [-0.15, -0.1) is 0 Å². The maximum Gasteiger partial charge on any atom is 0.339 e. The number of hydrogen-bond donors (Lipinski definition) is 1. The zero-order valence-electron chi connectivity index (χ0n) is 14.4. The zero-order chi connectivity index (χ0) is 19.6. The molecule has 3 rings (SSSR count). The standard InChI is InChI=1S/C18H17BrN2O5S/c1-26-18(23)15-11-14(8-9-16(15)19)27(24,25)20-12-4-6-13(7-5-12)21-10-2-3-17(21)22/h4-9,11,20H,2-3,10H2,1H3. The fourth-order valence-corrected chi connectivity index (χ4v) is 4.28. The minimum atomic E-state index is -3.90. The van der Waals surface area contributed by atoms with Crippen molar-refractivity contribution < 1.29 is 22.7 Å². The molecule has 1 heterocycles. The Balaban J connectivity index is 1.82. The van der Waals surface area contributed by atoms with Crippen LogP contribution in [0, 0.1) is 0 Å². The van der Waals surface area contributed by atoms with Gasteiger partial charge in [-0.1, -0.05) is 0 Å². The summed E-state index contributed by atoms with van der Waals surface area (Å²) in [7, 11) is -2.67. The lowest BCUT2D eigenvalue weighted by Crippen LogP contribution is -2.23. The largest absolute Gasteiger partial charge is 0.465 e. The molecule has 0 bridgehead atoms. The molecule has 1 aliphatic rings. The molecule has 1 saturated heterocycles. The number of amides is 1. The number of rotatable bonds is 5. The Hall–Kier alpha value is -2.39. The van der Waals surface area contributed by atoms with Crippen LogP contribution in [0.15, 0.2) is 51.8 Å². The highest BCUT2D eigenvalue weighted by Crippen LogP contribution is 2.26. The van der Waals surface area contributed by atoms with Crippen LogP contribution >= 0.6 is 15.9 Å². The second kappa shape index (κ2) is 7.69. The monoisotopic (exact) mass is 452 g/mol. The second-order valence-corrected chi connectivity index (χ2v) is 8.47. The van der Waals surface area contributed by atoms with Gasteiger partial charge in [0.1, 0.15) is 0 Å². The maximum atomic E-state index is 12.6. The van der Waals surface area contributed by atoms with Crippen LogP contribution in [0.3, 0.4) is 0 Å². The first-order valence-electron chi connectivity index (χ1n) is 8.13. The average molecular weight is 453 g/mol. The molecule has 0 radical (unpaired) electrons. The normalized spacial score (nSPS) is 14.3. The molecule has 1 fully saturated rings. The summed E-state index contributed by atoms with van der Waals surface area (Å²) in [4.78, 5) is 25.2. The number of carbonyl (C=O) groups is 2. The summed E-state index contributed by atoms with van der Waals surface area (Å²) in [5, 5.41) is 0. The summed E-state index contributed by atoms with van der Waals surface area (Å²) in [6.45, 7) is 0.666. The van der Waals surface area contributed by atoms with Crippen molar-refractivity contribution in [1.29, 1.82) is 0 Å². The lowest BCUT2D eigenvalue weighted by atomic mass is 10.2. The number of benzene rings is 2. The van der Waals surface area contributed by atoms with Crippen molar-refractivity contribution >= 4 is 49.2 Å². The first kappa shape index (κ1) is 19.4. The van der Waals surface area contributed by atoms with Gasteiger partial charge in [-0.3, -0.25) is 9.52 Å². The molecule has 7 nitrogen and oxygen atoms in total. The number of sulfonamides is 1. The first-order chi connectivity index (χ1) is 12.8. The number of ether oxygens (including phenoxy) is 1. The topological polar surface area (TPSA) is 92.8 Å². The van der Waals surface area contributed by atoms with Gasteiger partial charge in [0.05, 0.1) is 17.6 Å². The molecular formula is C18H17BrN2O5S. The smallest absolute Gasteiger partial charge is 0.339 e. The van der Waals surface area contributed by atoms with E-state index in [4.69, 9.17) is 0 Å². The number of anilines is 2. The molecular weight excluding hydrogens is 436 g/mol. The van der Waals surface area contributed by atoms with Crippen molar-refractivity contribution in [1.82, 2.24) is 0 Å². The maximum absolute atomic E-state index is 12.6. The van der Waals surface area contributed by atoms with E-state index in [9.17, 15) is 18.0 Å². The average Bonchev–Trinajstić information content (AvgIpc) is 3.07. The van der Waals surface area contributed by atoms with Gasteiger partial charge >= 0.3 is 5.97 Å². The van der Waals surface area contributed by atoms with Crippen LogP contribution in [0.1, 0.15) is 23.2 Å². The quantitative estimate of drug-likeness (QED) is 0.703. The summed E-state index contributed by atoms with van der Waals surface area (Å²) in [6.07, 6.45) is 1.35. The van der Waals surface area contributed by atoms with Crippen molar-refractivity contribution in [2.45, 2.75) is 17.7 Å². The number of halogens is 1. The summed E-state index contributed by atoms with van der Waals surface area (Å²) in [6, 6.07) is 10.7. The molecule has 0 spiro atoms. The fourth-order valence-electron chi connectivity index (χ4n) is 2.78.